The van der Waals surface area contributed by atoms with E-state index in [0.29, 0.717) is 5.75 Å². The Bertz CT molecular complexity index is 500. The number of aliphatic hydroxyl groups excluding tert-OH is 4. The Balaban J connectivity index is 2.06. The van der Waals surface area contributed by atoms with Crippen LogP contribution < -0.4 is 4.74 Å². The van der Waals surface area contributed by atoms with Crippen molar-refractivity contribution < 1.29 is 39.4 Å². The molecule has 0 aromatic heterocycles. The minimum Gasteiger partial charge on any atom is -0.497 e. The van der Waals surface area contributed by atoms with Crippen LogP contribution in [0.3, 0.4) is 0 Å². The molecule has 0 radical (unpaired) electrons. The van der Waals surface area contributed by atoms with Gasteiger partial charge in [-0.2, -0.15) is 0 Å². The number of rotatable bonds is 4. The number of carbonyl (C=O) groups is 1. The largest absolute Gasteiger partial charge is 0.497 e. The Morgan fingerprint density at radius 3 is 2.32 bits per heavy atom. The molecule has 1 aliphatic rings. The van der Waals surface area contributed by atoms with Gasteiger partial charge in [-0.15, -0.1) is 0 Å². The second kappa shape index (κ2) is 7.03. The van der Waals surface area contributed by atoms with Gasteiger partial charge in [0.15, 0.2) is 0 Å². The number of hydrogen-bond donors (Lipinski definition) is 4. The van der Waals surface area contributed by atoms with Crippen LogP contribution in [0.25, 0.3) is 0 Å². The highest BCUT2D eigenvalue weighted by atomic mass is 16.7. The van der Waals surface area contributed by atoms with Gasteiger partial charge < -0.3 is 34.6 Å². The van der Waals surface area contributed by atoms with Crippen LogP contribution in [-0.4, -0.2) is 70.8 Å². The third-order valence-corrected chi connectivity index (χ3v) is 3.40. The molecule has 8 nitrogen and oxygen atoms in total. The van der Waals surface area contributed by atoms with Crippen molar-refractivity contribution >= 4 is 5.97 Å². The molecule has 0 aliphatic carbocycles. The molecule has 0 unspecified atom stereocenters. The summed E-state index contributed by atoms with van der Waals surface area (Å²) in [6, 6.07) is 6.05. The molecular weight excluding hydrogens is 296 g/mol. The molecule has 0 saturated carbocycles. The summed E-state index contributed by atoms with van der Waals surface area (Å²) in [6.45, 7) is -0.596. The molecule has 0 bridgehead atoms. The van der Waals surface area contributed by atoms with E-state index in [9.17, 15) is 20.1 Å². The van der Waals surface area contributed by atoms with Crippen LogP contribution in [0.5, 0.6) is 5.75 Å². The van der Waals surface area contributed by atoms with Gasteiger partial charge in [-0.1, -0.05) is 0 Å². The Morgan fingerprint density at radius 2 is 1.77 bits per heavy atom. The predicted molar refractivity (Wildman–Crippen MR) is 72.2 cm³/mol. The Hall–Kier alpha value is -1.71. The Morgan fingerprint density at radius 1 is 1.14 bits per heavy atom. The van der Waals surface area contributed by atoms with Gasteiger partial charge in [0, 0.05) is 0 Å². The normalized spacial score (nSPS) is 31.6. The summed E-state index contributed by atoms with van der Waals surface area (Å²) in [6.07, 6.45) is -7.35. The van der Waals surface area contributed by atoms with Crippen molar-refractivity contribution in [3.8, 4) is 5.75 Å². The average molecular weight is 314 g/mol. The van der Waals surface area contributed by atoms with E-state index in [0.717, 1.165) is 0 Å². The van der Waals surface area contributed by atoms with E-state index < -0.39 is 43.3 Å². The van der Waals surface area contributed by atoms with Crippen LogP contribution in [0, 0.1) is 0 Å². The van der Waals surface area contributed by atoms with E-state index in [-0.39, 0.29) is 5.56 Å². The summed E-state index contributed by atoms with van der Waals surface area (Å²) >= 11 is 0. The lowest BCUT2D eigenvalue weighted by molar-refractivity contribution is -0.285. The molecule has 5 atom stereocenters. The summed E-state index contributed by atoms with van der Waals surface area (Å²) in [4.78, 5) is 12.0. The first-order valence-corrected chi connectivity index (χ1v) is 6.63. The van der Waals surface area contributed by atoms with Crippen LogP contribution in [0.15, 0.2) is 24.3 Å². The lowest BCUT2D eigenvalue weighted by Crippen LogP contribution is -2.59. The number of esters is 1. The molecule has 1 aliphatic heterocycles. The van der Waals surface area contributed by atoms with Crippen molar-refractivity contribution in [1.82, 2.24) is 0 Å². The van der Waals surface area contributed by atoms with E-state index in [2.05, 4.69) is 0 Å². The van der Waals surface area contributed by atoms with Crippen LogP contribution >= 0.6 is 0 Å². The molecule has 0 spiro atoms. The van der Waals surface area contributed by atoms with E-state index in [1.165, 1.54) is 19.2 Å². The molecule has 1 heterocycles. The van der Waals surface area contributed by atoms with E-state index in [4.69, 9.17) is 19.3 Å². The summed E-state index contributed by atoms with van der Waals surface area (Å²) in [5.74, 6) is -0.226. The maximum atomic E-state index is 12.0. The lowest BCUT2D eigenvalue weighted by atomic mass is 9.99. The fourth-order valence-corrected chi connectivity index (χ4v) is 2.07. The molecule has 22 heavy (non-hydrogen) atoms. The first kappa shape index (κ1) is 16.7. The summed E-state index contributed by atoms with van der Waals surface area (Å²) in [5, 5.41) is 38.1. The minimum absolute atomic E-state index is 0.192. The van der Waals surface area contributed by atoms with Crippen LogP contribution in [0.1, 0.15) is 10.4 Å². The molecule has 4 N–H and O–H groups in total. The maximum Gasteiger partial charge on any atom is 0.340 e. The Labute approximate surface area is 126 Å². The van der Waals surface area contributed by atoms with Crippen molar-refractivity contribution in [3.63, 3.8) is 0 Å². The fraction of sp³-hybridized carbons (Fsp3) is 0.500. The molecule has 1 saturated heterocycles. The highest BCUT2D eigenvalue weighted by Crippen LogP contribution is 2.23. The number of carbonyl (C=O) groups excluding carboxylic acids is 1. The fourth-order valence-electron chi connectivity index (χ4n) is 2.07. The topological polar surface area (TPSA) is 126 Å². The van der Waals surface area contributed by atoms with Gasteiger partial charge in [-0.05, 0) is 24.3 Å². The van der Waals surface area contributed by atoms with Crippen molar-refractivity contribution in [2.75, 3.05) is 13.7 Å². The summed E-state index contributed by atoms with van der Waals surface area (Å²) < 4.78 is 15.0. The number of ether oxygens (including phenoxy) is 3. The van der Waals surface area contributed by atoms with E-state index in [1.54, 1.807) is 12.1 Å². The molecule has 8 heteroatoms. The highest BCUT2D eigenvalue weighted by Gasteiger charge is 2.45. The van der Waals surface area contributed by atoms with E-state index in [1.807, 2.05) is 0 Å². The number of methoxy groups -OCH3 is 1. The molecule has 1 aromatic rings. The SMILES string of the molecule is COc1ccc(C(=O)O[C@@H]2O[C@H](CO)[C@@H](O)[C@H](O)[C@@H]2O)cc1. The molecular formula is C14H18O8. The maximum absolute atomic E-state index is 12.0. The van der Waals surface area contributed by atoms with Crippen molar-refractivity contribution in [2.24, 2.45) is 0 Å². The molecule has 1 fully saturated rings. The van der Waals surface area contributed by atoms with Crippen LogP contribution in [0.4, 0.5) is 0 Å². The van der Waals surface area contributed by atoms with Gasteiger partial charge in [-0.3, -0.25) is 0 Å². The third-order valence-electron chi connectivity index (χ3n) is 3.40. The van der Waals surface area contributed by atoms with Crippen molar-refractivity contribution in [3.05, 3.63) is 29.8 Å². The van der Waals surface area contributed by atoms with E-state index >= 15 is 0 Å². The smallest absolute Gasteiger partial charge is 0.340 e. The van der Waals surface area contributed by atoms with Crippen LogP contribution in [-0.2, 0) is 9.47 Å². The standard InChI is InChI=1S/C14H18O8/c1-20-8-4-2-7(3-5-8)13(19)22-14-12(18)11(17)10(16)9(6-15)21-14/h2-5,9-12,14-18H,6H2,1H3/t9-,10-,11+,12+,14+/m1/s1. The van der Waals surface area contributed by atoms with Gasteiger partial charge in [0.05, 0.1) is 19.3 Å². The zero-order valence-electron chi connectivity index (χ0n) is 11.8. The number of hydrogen-bond acceptors (Lipinski definition) is 8. The first-order valence-electron chi connectivity index (χ1n) is 6.63. The second-order valence-corrected chi connectivity index (χ2v) is 4.83. The van der Waals surface area contributed by atoms with Crippen molar-refractivity contribution in [2.45, 2.75) is 30.7 Å². The van der Waals surface area contributed by atoms with Crippen LogP contribution in [0.2, 0.25) is 0 Å². The molecule has 0 amide bonds. The van der Waals surface area contributed by atoms with Crippen molar-refractivity contribution in [1.29, 1.82) is 0 Å². The van der Waals surface area contributed by atoms with Gasteiger partial charge in [0.2, 0.25) is 6.29 Å². The van der Waals surface area contributed by atoms with Gasteiger partial charge in [-0.25, -0.2) is 4.79 Å². The molecule has 1 aromatic carbocycles. The quantitative estimate of drug-likeness (QED) is 0.503. The lowest BCUT2D eigenvalue weighted by Gasteiger charge is -2.39. The summed E-state index contributed by atoms with van der Waals surface area (Å²) in [5.41, 5.74) is 0.192. The minimum atomic E-state index is -1.63. The third kappa shape index (κ3) is 3.37. The average Bonchev–Trinajstić information content (AvgIpc) is 2.55. The predicted octanol–water partition coefficient (Wildman–Crippen LogP) is -1.35. The zero-order chi connectivity index (χ0) is 16.3. The molecule has 122 valence electrons. The Kier molecular flexibility index (Phi) is 5.33. The molecule has 2 rings (SSSR count). The number of aliphatic hydroxyl groups is 4. The number of benzene rings is 1. The van der Waals surface area contributed by atoms with Gasteiger partial charge >= 0.3 is 5.97 Å². The second-order valence-electron chi connectivity index (χ2n) is 4.83. The van der Waals surface area contributed by atoms with Gasteiger partial charge in [0.25, 0.3) is 0 Å². The summed E-state index contributed by atoms with van der Waals surface area (Å²) in [7, 11) is 1.49. The monoisotopic (exact) mass is 314 g/mol. The first-order chi connectivity index (χ1) is 10.5. The van der Waals surface area contributed by atoms with Gasteiger partial charge in [0.1, 0.15) is 30.2 Å². The highest BCUT2D eigenvalue weighted by molar-refractivity contribution is 5.89. The zero-order valence-corrected chi connectivity index (χ0v) is 11.8.